The van der Waals surface area contributed by atoms with Gasteiger partial charge in [0, 0.05) is 6.07 Å². The number of thiocarbonyl (C=S) groups is 1. The van der Waals surface area contributed by atoms with Crippen molar-refractivity contribution < 1.29 is 23.8 Å². The molecule has 0 bridgehead atoms. The summed E-state index contributed by atoms with van der Waals surface area (Å²) in [5, 5.41) is 2.86. The van der Waals surface area contributed by atoms with Crippen LogP contribution >= 0.6 is 23.8 Å². The first kappa shape index (κ1) is 24.5. The lowest BCUT2D eigenvalue weighted by Gasteiger charge is -2.29. The maximum atomic E-state index is 13.3. The summed E-state index contributed by atoms with van der Waals surface area (Å²) in [5.74, 6) is 0.229. The second kappa shape index (κ2) is 10.7. The van der Waals surface area contributed by atoms with E-state index in [0.717, 1.165) is 6.42 Å². The fraction of sp³-hybridized carbons (Fsp3) is 0.292. The number of ether oxygens (including phenoxy) is 3. The van der Waals surface area contributed by atoms with Crippen LogP contribution in [0.1, 0.15) is 32.8 Å². The SMILES string of the molecule is CCOc1cccc(N2C(=O)C(=Cc3cc(Cl)c(OC(C)CC)c(OC)c3)C(=O)NC2=S)c1. The minimum absolute atomic E-state index is 0.0105. The maximum Gasteiger partial charge on any atom is 0.270 e. The molecule has 2 aromatic carbocycles. The Bertz CT molecular complexity index is 1120. The molecule has 7 nitrogen and oxygen atoms in total. The van der Waals surface area contributed by atoms with Crippen LogP contribution in [0.15, 0.2) is 42.0 Å². The normalized spacial score (nSPS) is 16.0. The Morgan fingerprint density at radius 2 is 1.97 bits per heavy atom. The number of nitrogens with zero attached hydrogens (tertiary/aromatic N) is 1. The number of amides is 2. The van der Waals surface area contributed by atoms with Crippen LogP contribution in [0.4, 0.5) is 5.69 Å². The van der Waals surface area contributed by atoms with E-state index in [-0.39, 0.29) is 16.8 Å². The molecule has 2 aromatic rings. The molecule has 0 radical (unpaired) electrons. The summed E-state index contributed by atoms with van der Waals surface area (Å²) in [7, 11) is 1.50. The van der Waals surface area contributed by atoms with Gasteiger partial charge in [0.1, 0.15) is 11.3 Å². The molecule has 1 aliphatic rings. The van der Waals surface area contributed by atoms with Crippen molar-refractivity contribution in [3.8, 4) is 17.2 Å². The van der Waals surface area contributed by atoms with Crippen LogP contribution in [-0.2, 0) is 9.59 Å². The summed E-state index contributed by atoms with van der Waals surface area (Å²) < 4.78 is 16.8. The molecular formula is C24H25ClN2O5S. The molecule has 1 saturated heterocycles. The number of benzene rings is 2. The van der Waals surface area contributed by atoms with Gasteiger partial charge in [0.05, 0.1) is 30.5 Å². The molecule has 1 atom stereocenters. The molecule has 9 heteroatoms. The van der Waals surface area contributed by atoms with E-state index in [1.54, 1.807) is 36.4 Å². The minimum Gasteiger partial charge on any atom is -0.494 e. The van der Waals surface area contributed by atoms with E-state index in [2.05, 4.69) is 5.32 Å². The smallest absolute Gasteiger partial charge is 0.270 e. The molecule has 0 saturated carbocycles. The van der Waals surface area contributed by atoms with E-state index >= 15 is 0 Å². The van der Waals surface area contributed by atoms with Gasteiger partial charge >= 0.3 is 0 Å². The average Bonchev–Trinajstić information content (AvgIpc) is 2.78. The van der Waals surface area contributed by atoms with Gasteiger partial charge in [-0.25, -0.2) is 0 Å². The Labute approximate surface area is 203 Å². The third-order valence-electron chi connectivity index (χ3n) is 4.95. The third-order valence-corrected chi connectivity index (χ3v) is 5.51. The summed E-state index contributed by atoms with van der Waals surface area (Å²) in [4.78, 5) is 27.2. The lowest BCUT2D eigenvalue weighted by Crippen LogP contribution is -2.54. The lowest BCUT2D eigenvalue weighted by molar-refractivity contribution is -0.122. The number of hydrogen-bond acceptors (Lipinski definition) is 6. The Morgan fingerprint density at radius 1 is 1.21 bits per heavy atom. The van der Waals surface area contributed by atoms with Crippen LogP contribution in [0.3, 0.4) is 0 Å². The predicted molar refractivity (Wildman–Crippen MR) is 132 cm³/mol. The molecule has 1 unspecified atom stereocenters. The van der Waals surface area contributed by atoms with Gasteiger partial charge in [-0.05, 0) is 68.4 Å². The second-order valence-electron chi connectivity index (χ2n) is 7.26. The molecule has 33 heavy (non-hydrogen) atoms. The van der Waals surface area contributed by atoms with Gasteiger partial charge in [-0.3, -0.25) is 19.8 Å². The number of hydrogen-bond donors (Lipinski definition) is 1. The van der Waals surface area contributed by atoms with E-state index < -0.39 is 11.8 Å². The maximum absolute atomic E-state index is 13.3. The average molecular weight is 489 g/mol. The summed E-state index contributed by atoms with van der Waals surface area (Å²) in [5.41, 5.74) is 0.886. The Morgan fingerprint density at radius 3 is 2.64 bits per heavy atom. The molecule has 0 aliphatic carbocycles. The van der Waals surface area contributed by atoms with Crippen molar-refractivity contribution in [1.29, 1.82) is 0 Å². The lowest BCUT2D eigenvalue weighted by atomic mass is 10.1. The number of halogens is 1. The summed E-state index contributed by atoms with van der Waals surface area (Å²) in [6.45, 7) is 6.26. The quantitative estimate of drug-likeness (QED) is 0.328. The van der Waals surface area contributed by atoms with Crippen LogP contribution in [0.5, 0.6) is 17.2 Å². The predicted octanol–water partition coefficient (Wildman–Crippen LogP) is 4.76. The fourth-order valence-electron chi connectivity index (χ4n) is 3.16. The highest BCUT2D eigenvalue weighted by molar-refractivity contribution is 7.80. The molecule has 1 heterocycles. The third kappa shape index (κ3) is 5.46. The largest absolute Gasteiger partial charge is 0.494 e. The van der Waals surface area contributed by atoms with Gasteiger partial charge in [-0.15, -0.1) is 0 Å². The number of methoxy groups -OCH3 is 1. The van der Waals surface area contributed by atoms with E-state index in [4.69, 9.17) is 38.0 Å². The first-order valence-electron chi connectivity index (χ1n) is 10.5. The monoisotopic (exact) mass is 488 g/mol. The van der Waals surface area contributed by atoms with Crippen LogP contribution in [-0.4, -0.2) is 36.7 Å². The summed E-state index contributed by atoms with van der Waals surface area (Å²) >= 11 is 11.7. The first-order chi connectivity index (χ1) is 15.8. The molecule has 174 valence electrons. The standard InChI is InChI=1S/C24H25ClN2O5S/c1-5-14(3)32-21-19(25)11-15(12-20(21)30-4)10-18-22(28)26-24(33)27(23(18)29)16-8-7-9-17(13-16)31-6-2/h7-14H,5-6H2,1-4H3,(H,26,28,33). The van der Waals surface area contributed by atoms with Gasteiger partial charge in [-0.1, -0.05) is 24.6 Å². The van der Waals surface area contributed by atoms with Crippen molar-refractivity contribution in [3.63, 3.8) is 0 Å². The van der Waals surface area contributed by atoms with Crippen molar-refractivity contribution in [1.82, 2.24) is 5.32 Å². The molecule has 1 N–H and O–H groups in total. The van der Waals surface area contributed by atoms with Gasteiger partial charge in [0.15, 0.2) is 16.6 Å². The van der Waals surface area contributed by atoms with E-state index in [0.29, 0.717) is 40.1 Å². The van der Waals surface area contributed by atoms with E-state index in [9.17, 15) is 9.59 Å². The highest BCUT2D eigenvalue weighted by atomic mass is 35.5. The molecular weight excluding hydrogens is 464 g/mol. The van der Waals surface area contributed by atoms with Gasteiger partial charge < -0.3 is 14.2 Å². The Kier molecular flexibility index (Phi) is 7.94. The van der Waals surface area contributed by atoms with Crippen LogP contribution < -0.4 is 24.4 Å². The molecule has 3 rings (SSSR count). The number of anilines is 1. The zero-order chi connectivity index (χ0) is 24.1. The number of carbonyl (C=O) groups excluding carboxylic acids is 2. The van der Waals surface area contributed by atoms with Crippen molar-refractivity contribution >= 4 is 52.5 Å². The van der Waals surface area contributed by atoms with Gasteiger partial charge in [-0.2, -0.15) is 0 Å². The van der Waals surface area contributed by atoms with Crippen molar-refractivity contribution in [3.05, 3.63) is 52.6 Å². The van der Waals surface area contributed by atoms with Crippen molar-refractivity contribution in [2.24, 2.45) is 0 Å². The molecule has 0 spiro atoms. The summed E-state index contributed by atoms with van der Waals surface area (Å²) in [6.07, 6.45) is 2.17. The minimum atomic E-state index is -0.600. The Balaban J connectivity index is 1.99. The topological polar surface area (TPSA) is 77.1 Å². The molecule has 1 fully saturated rings. The second-order valence-corrected chi connectivity index (χ2v) is 8.05. The summed E-state index contributed by atoms with van der Waals surface area (Å²) in [6, 6.07) is 10.2. The van der Waals surface area contributed by atoms with E-state index in [1.165, 1.54) is 18.1 Å². The van der Waals surface area contributed by atoms with Crippen molar-refractivity contribution in [2.45, 2.75) is 33.3 Å². The van der Waals surface area contributed by atoms with Gasteiger partial charge in [0.2, 0.25) is 0 Å². The van der Waals surface area contributed by atoms with Gasteiger partial charge in [0.25, 0.3) is 11.8 Å². The molecule has 1 aliphatic heterocycles. The van der Waals surface area contributed by atoms with Crippen LogP contribution in [0, 0.1) is 0 Å². The number of rotatable bonds is 8. The number of carbonyl (C=O) groups is 2. The Hall–Kier alpha value is -3.10. The first-order valence-corrected chi connectivity index (χ1v) is 11.3. The van der Waals surface area contributed by atoms with E-state index in [1.807, 2.05) is 20.8 Å². The van der Waals surface area contributed by atoms with Crippen molar-refractivity contribution in [2.75, 3.05) is 18.6 Å². The molecule has 2 amide bonds. The molecule has 0 aromatic heterocycles. The highest BCUT2D eigenvalue weighted by Crippen LogP contribution is 2.38. The highest BCUT2D eigenvalue weighted by Gasteiger charge is 2.34. The fourth-order valence-corrected chi connectivity index (χ4v) is 3.70. The number of nitrogens with one attached hydrogen (secondary N) is 1. The zero-order valence-corrected chi connectivity index (χ0v) is 20.4. The zero-order valence-electron chi connectivity index (χ0n) is 18.8. The van der Waals surface area contributed by atoms with Crippen LogP contribution in [0.25, 0.3) is 6.08 Å². The van der Waals surface area contributed by atoms with Crippen LogP contribution in [0.2, 0.25) is 5.02 Å².